The van der Waals surface area contributed by atoms with E-state index in [0.717, 1.165) is 24.0 Å². The highest BCUT2D eigenvalue weighted by molar-refractivity contribution is 5.99. The predicted molar refractivity (Wildman–Crippen MR) is 144 cm³/mol. The normalized spacial score (nSPS) is 14.7. The number of unbranched alkanes of at least 4 members (excludes halogenated alkanes) is 1. The summed E-state index contributed by atoms with van der Waals surface area (Å²) in [4.78, 5) is 29.2. The maximum absolute atomic E-state index is 13.7. The van der Waals surface area contributed by atoms with Crippen molar-refractivity contribution >= 4 is 16.9 Å². The summed E-state index contributed by atoms with van der Waals surface area (Å²) in [5.41, 5.74) is 2.51. The van der Waals surface area contributed by atoms with Crippen LogP contribution in [0.5, 0.6) is 11.5 Å². The largest absolute Gasteiger partial charge is 0.490 e. The first-order valence-electron chi connectivity index (χ1n) is 12.9. The maximum atomic E-state index is 13.7. The van der Waals surface area contributed by atoms with Crippen LogP contribution in [0.2, 0.25) is 0 Å². The molecule has 0 N–H and O–H groups in total. The Labute approximate surface area is 216 Å². The fourth-order valence-corrected chi connectivity index (χ4v) is 4.85. The standard InChI is InChI=1S/C31H31NO5/c1-3-5-19-36-25-16-15-22(20-26(25)35-4-2)28-27-29(33)23-13-9-10-14-24(23)37-30(27)31(34)32(28)18-17-21-11-7-6-8-12-21/h6-16,20,28H,3-5,17-19H2,1-2H3. The number of carbonyl (C=O) groups excluding carboxylic acids is 1. The lowest BCUT2D eigenvalue weighted by atomic mass is 9.97. The highest BCUT2D eigenvalue weighted by Gasteiger charge is 2.42. The number of rotatable bonds is 10. The number of carbonyl (C=O) groups is 1. The summed E-state index contributed by atoms with van der Waals surface area (Å²) in [5.74, 6) is 1.10. The third-order valence-electron chi connectivity index (χ3n) is 6.70. The first-order chi connectivity index (χ1) is 18.1. The molecular formula is C31H31NO5. The Kier molecular flexibility index (Phi) is 7.26. The molecule has 0 fully saturated rings. The number of fused-ring (bicyclic) bond motifs is 2. The Balaban J connectivity index is 1.60. The van der Waals surface area contributed by atoms with E-state index in [0.29, 0.717) is 54.2 Å². The van der Waals surface area contributed by atoms with Gasteiger partial charge in [0, 0.05) is 6.54 Å². The molecule has 0 bridgehead atoms. The van der Waals surface area contributed by atoms with Crippen molar-refractivity contribution < 1.29 is 18.7 Å². The average Bonchev–Trinajstić information content (AvgIpc) is 3.20. The van der Waals surface area contributed by atoms with Crippen LogP contribution in [-0.4, -0.2) is 30.6 Å². The topological polar surface area (TPSA) is 69.0 Å². The van der Waals surface area contributed by atoms with Crippen LogP contribution >= 0.6 is 0 Å². The summed E-state index contributed by atoms with van der Waals surface area (Å²) < 4.78 is 17.9. The second kappa shape index (κ2) is 10.9. The van der Waals surface area contributed by atoms with Gasteiger partial charge in [0.15, 0.2) is 16.9 Å². The molecular weight excluding hydrogens is 466 g/mol. The molecule has 0 saturated heterocycles. The number of hydrogen-bond donors (Lipinski definition) is 0. The highest BCUT2D eigenvalue weighted by atomic mass is 16.5. The summed E-state index contributed by atoms with van der Waals surface area (Å²) in [6.45, 7) is 5.54. The molecule has 2 heterocycles. The van der Waals surface area contributed by atoms with E-state index in [1.54, 1.807) is 29.2 Å². The first-order valence-corrected chi connectivity index (χ1v) is 12.9. The van der Waals surface area contributed by atoms with Crippen molar-refractivity contribution in [2.24, 2.45) is 0 Å². The summed E-state index contributed by atoms with van der Waals surface area (Å²) in [6, 6.07) is 22.2. The van der Waals surface area contributed by atoms with Gasteiger partial charge >= 0.3 is 0 Å². The van der Waals surface area contributed by atoms with Gasteiger partial charge in [-0.2, -0.15) is 0 Å². The van der Waals surface area contributed by atoms with E-state index in [-0.39, 0.29) is 17.1 Å². The van der Waals surface area contributed by atoms with E-state index in [1.165, 1.54) is 0 Å². The second-order valence-corrected chi connectivity index (χ2v) is 9.15. The van der Waals surface area contributed by atoms with Gasteiger partial charge < -0.3 is 18.8 Å². The van der Waals surface area contributed by atoms with Crippen LogP contribution in [0.15, 0.2) is 82.0 Å². The van der Waals surface area contributed by atoms with Crippen molar-refractivity contribution in [1.29, 1.82) is 0 Å². The van der Waals surface area contributed by atoms with Gasteiger partial charge in [-0.3, -0.25) is 9.59 Å². The molecule has 0 spiro atoms. The summed E-state index contributed by atoms with van der Waals surface area (Å²) >= 11 is 0. The lowest BCUT2D eigenvalue weighted by Gasteiger charge is -2.26. The smallest absolute Gasteiger partial charge is 0.290 e. The van der Waals surface area contributed by atoms with Crippen molar-refractivity contribution in [3.05, 3.63) is 105 Å². The van der Waals surface area contributed by atoms with Crippen LogP contribution in [0.4, 0.5) is 0 Å². The van der Waals surface area contributed by atoms with Gasteiger partial charge in [0.1, 0.15) is 5.58 Å². The van der Waals surface area contributed by atoms with Crippen LogP contribution in [0, 0.1) is 0 Å². The zero-order chi connectivity index (χ0) is 25.8. The molecule has 0 saturated carbocycles. The van der Waals surface area contributed by atoms with Crippen LogP contribution in [0.3, 0.4) is 0 Å². The lowest BCUT2D eigenvalue weighted by Crippen LogP contribution is -2.31. The number of hydrogen-bond acceptors (Lipinski definition) is 5. The van der Waals surface area contributed by atoms with Crippen molar-refractivity contribution in [2.45, 2.75) is 39.2 Å². The van der Waals surface area contributed by atoms with Gasteiger partial charge in [0.05, 0.1) is 30.2 Å². The molecule has 190 valence electrons. The molecule has 0 radical (unpaired) electrons. The van der Waals surface area contributed by atoms with Crippen molar-refractivity contribution in [3.8, 4) is 11.5 Å². The minimum absolute atomic E-state index is 0.114. The van der Waals surface area contributed by atoms with Crippen molar-refractivity contribution in [2.75, 3.05) is 19.8 Å². The molecule has 1 amide bonds. The van der Waals surface area contributed by atoms with E-state index < -0.39 is 6.04 Å². The van der Waals surface area contributed by atoms with Gasteiger partial charge in [-0.05, 0) is 55.2 Å². The Hall–Kier alpha value is -4.06. The Morgan fingerprint density at radius 3 is 2.46 bits per heavy atom. The van der Waals surface area contributed by atoms with Crippen LogP contribution in [0.25, 0.3) is 11.0 Å². The molecule has 0 aliphatic carbocycles. The molecule has 1 aromatic heterocycles. The van der Waals surface area contributed by atoms with Gasteiger partial charge in [0.25, 0.3) is 5.91 Å². The van der Waals surface area contributed by atoms with Gasteiger partial charge in [0.2, 0.25) is 5.76 Å². The fraction of sp³-hybridized carbons (Fsp3) is 0.290. The van der Waals surface area contributed by atoms with E-state index in [1.807, 2.05) is 55.5 Å². The lowest BCUT2D eigenvalue weighted by molar-refractivity contribution is 0.0729. The minimum atomic E-state index is -0.587. The van der Waals surface area contributed by atoms with Crippen LogP contribution in [-0.2, 0) is 6.42 Å². The van der Waals surface area contributed by atoms with Crippen molar-refractivity contribution in [1.82, 2.24) is 4.90 Å². The number of para-hydroxylation sites is 1. The molecule has 6 heteroatoms. The number of ether oxygens (including phenoxy) is 2. The molecule has 37 heavy (non-hydrogen) atoms. The highest BCUT2D eigenvalue weighted by Crippen LogP contribution is 2.41. The third-order valence-corrected chi connectivity index (χ3v) is 6.70. The van der Waals surface area contributed by atoms with Crippen LogP contribution < -0.4 is 14.9 Å². The van der Waals surface area contributed by atoms with E-state index in [4.69, 9.17) is 13.9 Å². The van der Waals surface area contributed by atoms with Crippen LogP contribution in [0.1, 0.15) is 60.0 Å². The summed E-state index contributed by atoms with van der Waals surface area (Å²) in [5, 5.41) is 0.466. The SMILES string of the molecule is CCCCOc1ccc(C2c3c(oc4ccccc4c3=O)C(=O)N2CCc2ccccc2)cc1OCC. The molecule has 6 nitrogen and oxygen atoms in total. The Bertz CT molecular complexity index is 1460. The van der Waals surface area contributed by atoms with Crippen molar-refractivity contribution in [3.63, 3.8) is 0 Å². The maximum Gasteiger partial charge on any atom is 0.290 e. The van der Waals surface area contributed by atoms with Gasteiger partial charge in [-0.1, -0.05) is 61.9 Å². The average molecular weight is 498 g/mol. The zero-order valence-electron chi connectivity index (χ0n) is 21.2. The minimum Gasteiger partial charge on any atom is -0.490 e. The Morgan fingerprint density at radius 1 is 0.892 bits per heavy atom. The molecule has 4 aromatic rings. The summed E-state index contributed by atoms with van der Waals surface area (Å²) in [6.07, 6.45) is 2.63. The first kappa shape index (κ1) is 24.6. The van der Waals surface area contributed by atoms with E-state index in [9.17, 15) is 9.59 Å². The molecule has 1 aliphatic heterocycles. The second-order valence-electron chi connectivity index (χ2n) is 9.15. The number of amides is 1. The zero-order valence-corrected chi connectivity index (χ0v) is 21.2. The molecule has 1 unspecified atom stereocenters. The monoisotopic (exact) mass is 497 g/mol. The fourth-order valence-electron chi connectivity index (χ4n) is 4.85. The molecule has 3 aromatic carbocycles. The molecule has 1 atom stereocenters. The van der Waals surface area contributed by atoms with E-state index >= 15 is 0 Å². The molecule has 1 aliphatic rings. The summed E-state index contributed by atoms with van der Waals surface area (Å²) in [7, 11) is 0. The Morgan fingerprint density at radius 2 is 1.68 bits per heavy atom. The number of nitrogens with zero attached hydrogens (tertiary/aromatic N) is 1. The third kappa shape index (κ3) is 4.84. The predicted octanol–water partition coefficient (Wildman–Crippen LogP) is 6.16. The van der Waals surface area contributed by atoms with Gasteiger partial charge in [-0.15, -0.1) is 0 Å². The van der Waals surface area contributed by atoms with Gasteiger partial charge in [-0.25, -0.2) is 0 Å². The number of benzene rings is 3. The molecule has 5 rings (SSSR count). The van der Waals surface area contributed by atoms with E-state index in [2.05, 4.69) is 6.92 Å². The quantitative estimate of drug-likeness (QED) is 0.246.